The van der Waals surface area contributed by atoms with E-state index in [-0.39, 0.29) is 5.92 Å². The summed E-state index contributed by atoms with van der Waals surface area (Å²) in [6.45, 7) is 4.73. The van der Waals surface area contributed by atoms with Crippen molar-refractivity contribution in [1.29, 1.82) is 0 Å². The summed E-state index contributed by atoms with van der Waals surface area (Å²) < 4.78 is 0. The standard InChI is InChI=1S/C14H23NO2S/c1-14(2)5-6-18-8-12(14)15-9-3-4-11(15)10(7-9)13(16)17/h9-12H,3-8H2,1-2H3,(H,16,17). The van der Waals surface area contributed by atoms with Gasteiger partial charge in [0.2, 0.25) is 0 Å². The molecule has 1 N–H and O–H groups in total. The van der Waals surface area contributed by atoms with Crippen molar-refractivity contribution in [3.63, 3.8) is 0 Å². The Morgan fingerprint density at radius 2 is 2.17 bits per heavy atom. The molecule has 4 heteroatoms. The van der Waals surface area contributed by atoms with Crippen molar-refractivity contribution >= 4 is 17.7 Å². The van der Waals surface area contributed by atoms with Crippen LogP contribution in [0.25, 0.3) is 0 Å². The third-order valence-corrected chi connectivity index (χ3v) is 6.38. The minimum absolute atomic E-state index is 0.105. The van der Waals surface area contributed by atoms with Gasteiger partial charge in [0.25, 0.3) is 0 Å². The molecule has 3 nitrogen and oxygen atoms in total. The van der Waals surface area contributed by atoms with Gasteiger partial charge in [-0.1, -0.05) is 13.8 Å². The molecule has 0 aliphatic carbocycles. The summed E-state index contributed by atoms with van der Waals surface area (Å²) in [4.78, 5) is 14.0. The lowest BCUT2D eigenvalue weighted by Gasteiger charge is -2.45. The van der Waals surface area contributed by atoms with E-state index in [2.05, 4.69) is 18.7 Å². The number of hydrogen-bond donors (Lipinski definition) is 1. The molecule has 3 heterocycles. The first-order chi connectivity index (χ1) is 8.50. The monoisotopic (exact) mass is 269 g/mol. The SMILES string of the molecule is CC1(C)CCSCC1N1C2CCC1C(C(=O)O)C2. The normalized spacial score (nSPS) is 43.2. The first-order valence-electron chi connectivity index (χ1n) is 7.09. The molecule has 4 atom stereocenters. The molecule has 102 valence electrons. The largest absolute Gasteiger partial charge is 0.481 e. The van der Waals surface area contributed by atoms with Crippen LogP contribution in [0.15, 0.2) is 0 Å². The summed E-state index contributed by atoms with van der Waals surface area (Å²) in [5, 5.41) is 9.35. The first kappa shape index (κ1) is 12.8. The average molecular weight is 269 g/mol. The molecule has 0 aromatic rings. The van der Waals surface area contributed by atoms with Crippen LogP contribution >= 0.6 is 11.8 Å². The zero-order chi connectivity index (χ0) is 12.9. The molecule has 0 saturated carbocycles. The Morgan fingerprint density at radius 1 is 1.39 bits per heavy atom. The van der Waals surface area contributed by atoms with Crippen molar-refractivity contribution in [3.05, 3.63) is 0 Å². The van der Waals surface area contributed by atoms with Crippen LogP contribution in [0.3, 0.4) is 0 Å². The van der Waals surface area contributed by atoms with Gasteiger partial charge in [-0.15, -0.1) is 0 Å². The van der Waals surface area contributed by atoms with Crippen molar-refractivity contribution in [1.82, 2.24) is 4.90 Å². The molecule has 3 rings (SSSR count). The minimum atomic E-state index is -0.575. The lowest BCUT2D eigenvalue weighted by atomic mass is 9.81. The van der Waals surface area contributed by atoms with E-state index in [1.165, 1.54) is 24.3 Å². The fourth-order valence-corrected chi connectivity index (χ4v) is 5.88. The fourth-order valence-electron chi connectivity index (χ4n) is 4.19. The second-order valence-electron chi connectivity index (χ2n) is 6.76. The summed E-state index contributed by atoms with van der Waals surface area (Å²) in [7, 11) is 0. The summed E-state index contributed by atoms with van der Waals surface area (Å²) in [6.07, 6.45) is 4.46. The molecule has 0 aromatic heterocycles. The molecule has 3 saturated heterocycles. The molecule has 2 bridgehead atoms. The van der Waals surface area contributed by atoms with E-state index in [0.29, 0.717) is 23.5 Å². The van der Waals surface area contributed by atoms with Crippen LogP contribution in [0.5, 0.6) is 0 Å². The van der Waals surface area contributed by atoms with Gasteiger partial charge in [0.1, 0.15) is 0 Å². The molecule has 18 heavy (non-hydrogen) atoms. The Bertz CT molecular complexity index is 358. The molecule has 3 aliphatic rings. The summed E-state index contributed by atoms with van der Waals surface area (Å²) in [6, 6.07) is 1.44. The highest BCUT2D eigenvalue weighted by Crippen LogP contribution is 2.48. The number of carbonyl (C=O) groups is 1. The first-order valence-corrected chi connectivity index (χ1v) is 8.24. The van der Waals surface area contributed by atoms with Gasteiger partial charge in [-0.2, -0.15) is 11.8 Å². The summed E-state index contributed by atoms with van der Waals surface area (Å²) in [5.41, 5.74) is 0.347. The van der Waals surface area contributed by atoms with Crippen LogP contribution in [0.4, 0.5) is 0 Å². The Morgan fingerprint density at radius 3 is 2.78 bits per heavy atom. The molecular formula is C14H23NO2S. The molecule has 0 amide bonds. The molecule has 3 aliphatic heterocycles. The quantitative estimate of drug-likeness (QED) is 0.836. The highest BCUT2D eigenvalue weighted by Gasteiger charge is 2.54. The van der Waals surface area contributed by atoms with E-state index >= 15 is 0 Å². The highest BCUT2D eigenvalue weighted by molar-refractivity contribution is 7.99. The zero-order valence-electron chi connectivity index (χ0n) is 11.3. The molecule has 0 spiro atoms. The van der Waals surface area contributed by atoms with Crippen LogP contribution < -0.4 is 0 Å². The van der Waals surface area contributed by atoms with Crippen LogP contribution in [0.1, 0.15) is 39.5 Å². The Labute approximate surface area is 113 Å². The van der Waals surface area contributed by atoms with E-state index in [1.54, 1.807) is 0 Å². The Balaban J connectivity index is 1.82. The van der Waals surface area contributed by atoms with Crippen molar-refractivity contribution < 1.29 is 9.90 Å². The van der Waals surface area contributed by atoms with E-state index in [0.717, 1.165) is 12.8 Å². The number of hydrogen-bond acceptors (Lipinski definition) is 3. The van der Waals surface area contributed by atoms with E-state index < -0.39 is 5.97 Å². The van der Waals surface area contributed by atoms with Crippen molar-refractivity contribution in [3.8, 4) is 0 Å². The predicted molar refractivity (Wildman–Crippen MR) is 73.9 cm³/mol. The number of fused-ring (bicyclic) bond motifs is 2. The molecule has 0 aromatic carbocycles. The van der Waals surface area contributed by atoms with Gasteiger partial charge in [-0.25, -0.2) is 0 Å². The minimum Gasteiger partial charge on any atom is -0.481 e. The van der Waals surface area contributed by atoms with Crippen molar-refractivity contribution in [2.45, 2.75) is 57.7 Å². The average Bonchev–Trinajstić information content (AvgIpc) is 2.85. The van der Waals surface area contributed by atoms with Crippen LogP contribution in [-0.4, -0.2) is 45.6 Å². The van der Waals surface area contributed by atoms with Crippen molar-refractivity contribution in [2.24, 2.45) is 11.3 Å². The van der Waals surface area contributed by atoms with Gasteiger partial charge in [0.15, 0.2) is 0 Å². The highest BCUT2D eigenvalue weighted by atomic mass is 32.2. The van der Waals surface area contributed by atoms with Gasteiger partial charge >= 0.3 is 5.97 Å². The maximum absolute atomic E-state index is 11.3. The van der Waals surface area contributed by atoms with Crippen LogP contribution in [0.2, 0.25) is 0 Å². The molecule has 0 radical (unpaired) electrons. The smallest absolute Gasteiger partial charge is 0.308 e. The predicted octanol–water partition coefficient (Wildman–Crippen LogP) is 2.46. The number of aliphatic carboxylic acids is 1. The lowest BCUT2D eigenvalue weighted by molar-refractivity contribution is -0.142. The summed E-state index contributed by atoms with van der Waals surface area (Å²) >= 11 is 2.04. The van der Waals surface area contributed by atoms with Gasteiger partial charge in [0.05, 0.1) is 5.92 Å². The second-order valence-corrected chi connectivity index (χ2v) is 7.91. The van der Waals surface area contributed by atoms with Gasteiger partial charge in [-0.3, -0.25) is 9.69 Å². The second kappa shape index (κ2) is 4.41. The number of nitrogens with zero attached hydrogens (tertiary/aromatic N) is 1. The zero-order valence-corrected chi connectivity index (χ0v) is 12.1. The Hall–Kier alpha value is -0.220. The molecule has 3 fully saturated rings. The number of carboxylic acid groups (broad SMARTS) is 1. The summed E-state index contributed by atoms with van der Waals surface area (Å²) in [5.74, 6) is 1.77. The van der Waals surface area contributed by atoms with Crippen molar-refractivity contribution in [2.75, 3.05) is 11.5 Å². The topological polar surface area (TPSA) is 40.5 Å². The number of thioether (sulfide) groups is 1. The van der Waals surface area contributed by atoms with Gasteiger partial charge in [-0.05, 0) is 36.9 Å². The Kier molecular flexibility index (Phi) is 3.14. The van der Waals surface area contributed by atoms with Gasteiger partial charge in [0, 0.05) is 23.9 Å². The number of rotatable bonds is 2. The fraction of sp³-hybridized carbons (Fsp3) is 0.929. The van der Waals surface area contributed by atoms with Crippen LogP contribution in [-0.2, 0) is 4.79 Å². The van der Waals surface area contributed by atoms with Gasteiger partial charge < -0.3 is 5.11 Å². The van der Waals surface area contributed by atoms with E-state index in [1.807, 2.05) is 11.8 Å². The maximum atomic E-state index is 11.3. The maximum Gasteiger partial charge on any atom is 0.308 e. The lowest BCUT2D eigenvalue weighted by Crippen LogP contribution is -2.52. The number of carboxylic acids is 1. The third kappa shape index (κ3) is 1.88. The molecular weight excluding hydrogens is 246 g/mol. The third-order valence-electron chi connectivity index (χ3n) is 5.34. The van der Waals surface area contributed by atoms with Crippen LogP contribution in [0, 0.1) is 11.3 Å². The van der Waals surface area contributed by atoms with E-state index in [4.69, 9.17) is 0 Å². The molecule has 4 unspecified atom stereocenters. The van der Waals surface area contributed by atoms with E-state index in [9.17, 15) is 9.90 Å².